The van der Waals surface area contributed by atoms with Crippen LogP contribution in [0.2, 0.25) is 0 Å². The summed E-state index contributed by atoms with van der Waals surface area (Å²) in [6, 6.07) is 15.4. The summed E-state index contributed by atoms with van der Waals surface area (Å²) < 4.78 is 11.0. The molecule has 0 aromatic heterocycles. The average Bonchev–Trinajstić information content (AvgIpc) is 2.76. The number of esters is 1. The summed E-state index contributed by atoms with van der Waals surface area (Å²) in [6.45, 7) is 10.6. The van der Waals surface area contributed by atoms with Crippen molar-refractivity contribution < 1.29 is 19.1 Å². The summed E-state index contributed by atoms with van der Waals surface area (Å²) in [5, 5.41) is 11.6. The molecule has 0 spiro atoms. The molecule has 2 rings (SSSR count). The van der Waals surface area contributed by atoms with Crippen molar-refractivity contribution >= 4 is 17.6 Å². The maximum atomic E-state index is 12.4. The summed E-state index contributed by atoms with van der Waals surface area (Å²) in [5.74, 6) is 0.104. The lowest BCUT2D eigenvalue weighted by Gasteiger charge is -2.32. The fourth-order valence-electron chi connectivity index (χ4n) is 3.42. The van der Waals surface area contributed by atoms with E-state index in [9.17, 15) is 9.59 Å². The Hall–Kier alpha value is -3.33. The number of nitrogens with zero attached hydrogens (tertiary/aromatic N) is 1. The van der Waals surface area contributed by atoms with Crippen molar-refractivity contribution in [2.24, 2.45) is 10.8 Å². The molecule has 0 saturated carbocycles. The van der Waals surface area contributed by atoms with Crippen LogP contribution in [0.1, 0.15) is 63.4 Å². The van der Waals surface area contributed by atoms with Gasteiger partial charge in [-0.15, -0.1) is 0 Å². The quantitative estimate of drug-likeness (QED) is 0.388. The van der Waals surface area contributed by atoms with Crippen molar-refractivity contribution in [2.75, 3.05) is 18.5 Å². The van der Waals surface area contributed by atoms with Crippen LogP contribution in [0.4, 0.5) is 5.69 Å². The van der Waals surface area contributed by atoms with E-state index in [1.165, 1.54) is 0 Å². The molecule has 2 aromatic rings. The van der Waals surface area contributed by atoms with E-state index in [2.05, 4.69) is 26.1 Å². The van der Waals surface area contributed by atoms with Crippen molar-refractivity contribution in [2.45, 2.75) is 47.5 Å². The highest BCUT2D eigenvalue weighted by Crippen LogP contribution is 2.36. The third-order valence-electron chi connectivity index (χ3n) is 5.40. The molecule has 6 nitrogen and oxygen atoms in total. The van der Waals surface area contributed by atoms with Crippen LogP contribution in [-0.4, -0.2) is 25.1 Å². The predicted molar refractivity (Wildman–Crippen MR) is 124 cm³/mol. The number of hydrogen-bond acceptors (Lipinski definition) is 5. The molecular weight excluding hydrogens is 404 g/mol. The summed E-state index contributed by atoms with van der Waals surface area (Å²) >= 11 is 0. The summed E-state index contributed by atoms with van der Waals surface area (Å²) in [5.41, 5.74) is 1.15. The molecular formula is C26H32N2O4. The van der Waals surface area contributed by atoms with Gasteiger partial charge in [0.2, 0.25) is 0 Å². The number of rotatable bonds is 10. The first-order valence-corrected chi connectivity index (χ1v) is 10.8. The molecule has 0 heterocycles. The fraction of sp³-hybridized carbons (Fsp3) is 0.423. The Bertz CT molecular complexity index is 955. The van der Waals surface area contributed by atoms with E-state index in [0.717, 1.165) is 12.8 Å². The van der Waals surface area contributed by atoms with E-state index < -0.39 is 5.41 Å². The van der Waals surface area contributed by atoms with Gasteiger partial charge >= 0.3 is 5.97 Å². The van der Waals surface area contributed by atoms with Crippen LogP contribution in [0.25, 0.3) is 0 Å². The van der Waals surface area contributed by atoms with Gasteiger partial charge in [0.15, 0.2) is 0 Å². The molecule has 6 heteroatoms. The van der Waals surface area contributed by atoms with Gasteiger partial charge in [0.1, 0.15) is 19.0 Å². The molecule has 2 aromatic carbocycles. The standard InChI is InChI=1S/C26H32N2O4/c1-6-25(2,3)18-26(4,5)24(30)32-16-15-31-22-13-9-20(10-14-22)23(29)28-21-11-7-19(17-27)8-12-21/h7-14H,6,15-16,18H2,1-5H3,(H,28,29). The smallest absolute Gasteiger partial charge is 0.311 e. The van der Waals surface area contributed by atoms with Crippen LogP contribution < -0.4 is 10.1 Å². The lowest BCUT2D eigenvalue weighted by Crippen LogP contribution is -2.32. The molecule has 0 aliphatic heterocycles. The molecule has 0 aliphatic carbocycles. The van der Waals surface area contributed by atoms with Crippen molar-refractivity contribution in [1.29, 1.82) is 5.26 Å². The Labute approximate surface area is 190 Å². The Morgan fingerprint density at radius 1 is 0.969 bits per heavy atom. The first-order chi connectivity index (χ1) is 15.1. The van der Waals surface area contributed by atoms with Gasteiger partial charge in [0.05, 0.1) is 17.0 Å². The van der Waals surface area contributed by atoms with Crippen molar-refractivity contribution in [3.05, 3.63) is 59.7 Å². The van der Waals surface area contributed by atoms with E-state index in [0.29, 0.717) is 22.6 Å². The van der Waals surface area contributed by atoms with Crippen LogP contribution in [0.5, 0.6) is 5.75 Å². The first kappa shape index (κ1) is 24.9. The van der Waals surface area contributed by atoms with Crippen molar-refractivity contribution in [3.8, 4) is 11.8 Å². The third kappa shape index (κ3) is 7.42. The number of nitriles is 1. The van der Waals surface area contributed by atoms with Gasteiger partial charge in [-0.05, 0) is 74.2 Å². The van der Waals surface area contributed by atoms with Crippen LogP contribution in [0.3, 0.4) is 0 Å². The molecule has 1 amide bonds. The molecule has 0 bridgehead atoms. The zero-order chi connectivity index (χ0) is 23.8. The summed E-state index contributed by atoms with van der Waals surface area (Å²) in [7, 11) is 0. The van der Waals surface area contributed by atoms with Crippen molar-refractivity contribution in [3.63, 3.8) is 0 Å². The third-order valence-corrected chi connectivity index (χ3v) is 5.40. The maximum absolute atomic E-state index is 12.4. The largest absolute Gasteiger partial charge is 0.490 e. The monoisotopic (exact) mass is 436 g/mol. The molecule has 0 aliphatic rings. The molecule has 1 N–H and O–H groups in total. The average molecular weight is 437 g/mol. The number of carbonyl (C=O) groups excluding carboxylic acids is 2. The Kier molecular flexibility index (Phi) is 8.42. The highest BCUT2D eigenvalue weighted by Gasteiger charge is 2.35. The minimum atomic E-state index is -0.552. The number of carbonyl (C=O) groups is 2. The van der Waals surface area contributed by atoms with Gasteiger partial charge < -0.3 is 14.8 Å². The van der Waals surface area contributed by atoms with Crippen molar-refractivity contribution in [1.82, 2.24) is 0 Å². The minimum Gasteiger partial charge on any atom is -0.490 e. The molecule has 32 heavy (non-hydrogen) atoms. The second-order valence-electron chi connectivity index (χ2n) is 9.23. The Balaban J connectivity index is 1.79. The van der Waals surface area contributed by atoms with Gasteiger partial charge in [-0.2, -0.15) is 5.26 Å². The van der Waals surface area contributed by atoms with E-state index in [1.807, 2.05) is 19.9 Å². The SMILES string of the molecule is CCC(C)(C)CC(C)(C)C(=O)OCCOc1ccc(C(=O)Nc2ccc(C#N)cc2)cc1. The van der Waals surface area contributed by atoms with Gasteiger partial charge in [-0.1, -0.05) is 27.2 Å². The molecule has 0 atom stereocenters. The predicted octanol–water partition coefficient (Wildman–Crippen LogP) is 5.59. The van der Waals surface area contributed by atoms with E-state index in [-0.39, 0.29) is 30.5 Å². The van der Waals surface area contributed by atoms with Gasteiger partial charge in [-0.3, -0.25) is 9.59 Å². The highest BCUT2D eigenvalue weighted by molar-refractivity contribution is 6.04. The van der Waals surface area contributed by atoms with Crippen LogP contribution in [0, 0.1) is 22.2 Å². The summed E-state index contributed by atoms with van der Waals surface area (Å²) in [6.07, 6.45) is 1.75. The van der Waals surface area contributed by atoms with E-state index in [1.54, 1.807) is 48.5 Å². The number of amides is 1. The molecule has 0 fully saturated rings. The lowest BCUT2D eigenvalue weighted by atomic mass is 9.74. The van der Waals surface area contributed by atoms with E-state index in [4.69, 9.17) is 14.7 Å². The molecule has 0 radical (unpaired) electrons. The van der Waals surface area contributed by atoms with Crippen LogP contribution in [0.15, 0.2) is 48.5 Å². The van der Waals surface area contributed by atoms with Gasteiger partial charge in [-0.25, -0.2) is 0 Å². The molecule has 0 unspecified atom stereocenters. The molecule has 170 valence electrons. The second kappa shape index (κ2) is 10.8. The minimum absolute atomic E-state index is 0.0765. The highest BCUT2D eigenvalue weighted by atomic mass is 16.6. The Morgan fingerprint density at radius 2 is 1.59 bits per heavy atom. The van der Waals surface area contributed by atoms with E-state index >= 15 is 0 Å². The van der Waals surface area contributed by atoms with Gasteiger partial charge in [0, 0.05) is 11.3 Å². The number of nitrogens with one attached hydrogen (secondary N) is 1. The number of benzene rings is 2. The number of anilines is 1. The second-order valence-corrected chi connectivity index (χ2v) is 9.23. The summed E-state index contributed by atoms with van der Waals surface area (Å²) in [4.78, 5) is 24.8. The van der Waals surface area contributed by atoms with Gasteiger partial charge in [0.25, 0.3) is 5.91 Å². The normalized spacial score (nSPS) is 11.4. The lowest BCUT2D eigenvalue weighted by molar-refractivity contribution is -0.156. The Morgan fingerprint density at radius 3 is 2.16 bits per heavy atom. The van der Waals surface area contributed by atoms with Crippen LogP contribution >= 0.6 is 0 Å². The zero-order valence-corrected chi connectivity index (χ0v) is 19.5. The maximum Gasteiger partial charge on any atom is 0.311 e. The zero-order valence-electron chi connectivity index (χ0n) is 19.5. The van der Waals surface area contributed by atoms with Crippen LogP contribution in [-0.2, 0) is 9.53 Å². The number of hydrogen-bond donors (Lipinski definition) is 1. The fourth-order valence-corrected chi connectivity index (χ4v) is 3.42. The first-order valence-electron chi connectivity index (χ1n) is 10.8. The number of ether oxygens (including phenoxy) is 2. The molecule has 0 saturated heterocycles. The topological polar surface area (TPSA) is 88.4 Å².